The van der Waals surface area contributed by atoms with E-state index in [2.05, 4.69) is 5.32 Å². The monoisotopic (exact) mass is 475 g/mol. The number of carbonyl (C=O) groups excluding carboxylic acids is 2. The lowest BCUT2D eigenvalue weighted by atomic mass is 10.1. The molecule has 0 radical (unpaired) electrons. The fourth-order valence-corrected chi connectivity index (χ4v) is 4.80. The molecule has 0 saturated carbocycles. The summed E-state index contributed by atoms with van der Waals surface area (Å²) >= 11 is 13.6. The summed E-state index contributed by atoms with van der Waals surface area (Å²) in [7, 11) is 1.44. The Balaban J connectivity index is 2.04. The van der Waals surface area contributed by atoms with Crippen molar-refractivity contribution in [1.29, 1.82) is 5.26 Å². The van der Waals surface area contributed by atoms with Crippen molar-refractivity contribution in [3.05, 3.63) is 68.7 Å². The van der Waals surface area contributed by atoms with Gasteiger partial charge in [-0.05, 0) is 49.2 Å². The first kappa shape index (κ1) is 23.0. The van der Waals surface area contributed by atoms with Crippen LogP contribution in [0.5, 0.6) is 5.75 Å². The van der Waals surface area contributed by atoms with Gasteiger partial charge < -0.3 is 10.1 Å². The number of rotatable bonds is 6. The highest BCUT2D eigenvalue weighted by atomic mass is 35.5. The molecule has 1 saturated heterocycles. The minimum atomic E-state index is -0.578. The molecule has 6 nitrogen and oxygen atoms in total. The van der Waals surface area contributed by atoms with Crippen LogP contribution in [0.2, 0.25) is 10.0 Å². The van der Waals surface area contributed by atoms with Crippen molar-refractivity contribution in [1.82, 2.24) is 5.32 Å². The normalized spacial score (nSPS) is 17.3. The Labute approximate surface area is 194 Å². The molecule has 1 aliphatic rings. The first-order chi connectivity index (χ1) is 14.9. The lowest BCUT2D eigenvalue weighted by Gasteiger charge is -2.19. The highest BCUT2D eigenvalue weighted by Gasteiger charge is 2.41. The third kappa shape index (κ3) is 4.82. The molecule has 31 heavy (non-hydrogen) atoms. The first-order valence-corrected chi connectivity index (χ1v) is 11.1. The Morgan fingerprint density at radius 1 is 1.26 bits per heavy atom. The number of ether oxygens (including phenoxy) is 1. The maximum absolute atomic E-state index is 13.4. The molecule has 1 heterocycles. The summed E-state index contributed by atoms with van der Waals surface area (Å²) in [6.45, 7) is 2.39. The number of likely N-dealkylation sites (N-methyl/N-ethyl adjacent to an activating group) is 1. The van der Waals surface area contributed by atoms with E-state index >= 15 is 0 Å². The summed E-state index contributed by atoms with van der Waals surface area (Å²) < 4.78 is 5.46. The van der Waals surface area contributed by atoms with Gasteiger partial charge in [0.25, 0.3) is 5.91 Å². The van der Waals surface area contributed by atoms with Crippen LogP contribution >= 0.6 is 35.0 Å². The predicted octanol–water partition coefficient (Wildman–Crippen LogP) is 4.56. The number of carbonyl (C=O) groups is 2. The molecule has 1 atom stereocenters. The first-order valence-electron chi connectivity index (χ1n) is 9.44. The number of nitriles is 1. The minimum Gasteiger partial charge on any atom is -0.494 e. The average molecular weight is 476 g/mol. The third-order valence-electron chi connectivity index (χ3n) is 4.58. The predicted molar refractivity (Wildman–Crippen MR) is 123 cm³/mol. The second-order valence-electron chi connectivity index (χ2n) is 6.50. The zero-order chi connectivity index (χ0) is 22.5. The molecule has 1 unspecified atom stereocenters. The van der Waals surface area contributed by atoms with Gasteiger partial charge in [0.15, 0.2) is 0 Å². The van der Waals surface area contributed by atoms with Crippen LogP contribution in [-0.4, -0.2) is 30.7 Å². The topological polar surface area (TPSA) is 82.4 Å². The van der Waals surface area contributed by atoms with Crippen LogP contribution < -0.4 is 15.0 Å². The van der Waals surface area contributed by atoms with E-state index in [9.17, 15) is 14.9 Å². The fourth-order valence-electron chi connectivity index (χ4n) is 3.11. The van der Waals surface area contributed by atoms with Crippen molar-refractivity contribution >= 4 is 52.5 Å². The second-order valence-corrected chi connectivity index (χ2v) is 8.47. The largest absolute Gasteiger partial charge is 0.494 e. The zero-order valence-corrected chi connectivity index (χ0v) is 19.1. The van der Waals surface area contributed by atoms with Crippen molar-refractivity contribution < 1.29 is 14.3 Å². The Morgan fingerprint density at radius 2 is 1.97 bits per heavy atom. The summed E-state index contributed by atoms with van der Waals surface area (Å²) in [6, 6.07) is 14.1. The SMILES string of the molecule is CCOc1ccc(N2C(=O)C(Cc3cccc(Cl)c3Cl)S/C2=C(/C#N)C(=O)NC)cc1. The summed E-state index contributed by atoms with van der Waals surface area (Å²) in [5.74, 6) is -0.155. The molecule has 1 aliphatic heterocycles. The third-order valence-corrected chi connectivity index (χ3v) is 6.70. The van der Waals surface area contributed by atoms with Crippen LogP contribution in [0, 0.1) is 11.3 Å². The molecule has 1 N–H and O–H groups in total. The number of thioether (sulfide) groups is 1. The van der Waals surface area contributed by atoms with Gasteiger partial charge >= 0.3 is 0 Å². The van der Waals surface area contributed by atoms with Gasteiger partial charge in [-0.25, -0.2) is 0 Å². The molecule has 1 fully saturated rings. The van der Waals surface area contributed by atoms with Crippen molar-refractivity contribution in [2.45, 2.75) is 18.6 Å². The van der Waals surface area contributed by atoms with Gasteiger partial charge in [-0.3, -0.25) is 14.5 Å². The van der Waals surface area contributed by atoms with E-state index in [-0.39, 0.29) is 16.5 Å². The van der Waals surface area contributed by atoms with Gasteiger partial charge in [0.2, 0.25) is 5.91 Å². The van der Waals surface area contributed by atoms with Gasteiger partial charge in [0, 0.05) is 12.7 Å². The molecule has 2 aromatic carbocycles. The van der Waals surface area contributed by atoms with E-state index in [0.717, 1.165) is 11.8 Å². The number of benzene rings is 2. The second kappa shape index (κ2) is 10.1. The van der Waals surface area contributed by atoms with E-state index < -0.39 is 11.2 Å². The van der Waals surface area contributed by atoms with Gasteiger partial charge in [0.05, 0.1) is 21.9 Å². The average Bonchev–Trinajstić information content (AvgIpc) is 3.08. The molecular formula is C22H19Cl2N3O3S. The molecule has 2 aromatic rings. The quantitative estimate of drug-likeness (QED) is 0.488. The fraction of sp³-hybridized carbons (Fsp3) is 0.227. The Hall–Kier alpha value is -2.66. The smallest absolute Gasteiger partial charge is 0.264 e. The molecule has 160 valence electrons. The summed E-state index contributed by atoms with van der Waals surface area (Å²) in [5, 5.41) is 12.6. The summed E-state index contributed by atoms with van der Waals surface area (Å²) in [5.41, 5.74) is 1.12. The number of amides is 2. The number of hydrogen-bond acceptors (Lipinski definition) is 5. The number of nitrogens with zero attached hydrogens (tertiary/aromatic N) is 2. The maximum atomic E-state index is 13.4. The van der Waals surface area contributed by atoms with E-state index in [0.29, 0.717) is 40.1 Å². The van der Waals surface area contributed by atoms with Gasteiger partial charge in [-0.1, -0.05) is 47.1 Å². The van der Waals surface area contributed by atoms with Crippen molar-refractivity contribution in [3.8, 4) is 11.8 Å². The number of anilines is 1. The Bertz CT molecular complexity index is 1080. The standard InChI is InChI=1S/C22H19Cl2N3O3S/c1-3-30-15-9-7-14(8-10-15)27-21(29)18(11-13-5-4-6-17(23)19(13)24)31-22(27)16(12-25)20(28)26-2/h4-10,18H,3,11H2,1-2H3,(H,26,28)/b22-16-. The lowest BCUT2D eigenvalue weighted by Crippen LogP contribution is -2.31. The van der Waals surface area contributed by atoms with Crippen molar-refractivity contribution in [3.63, 3.8) is 0 Å². The minimum absolute atomic E-state index is 0.130. The van der Waals surface area contributed by atoms with E-state index in [1.54, 1.807) is 42.5 Å². The molecule has 0 aliphatic carbocycles. The molecular weight excluding hydrogens is 457 g/mol. The van der Waals surface area contributed by atoms with Gasteiger partial charge in [-0.2, -0.15) is 5.26 Å². The molecule has 2 amide bonds. The summed E-state index contributed by atoms with van der Waals surface area (Å²) in [6.07, 6.45) is 0.298. The lowest BCUT2D eigenvalue weighted by molar-refractivity contribution is -0.117. The molecule has 0 aromatic heterocycles. The van der Waals surface area contributed by atoms with Crippen molar-refractivity contribution in [2.75, 3.05) is 18.6 Å². The van der Waals surface area contributed by atoms with Crippen LogP contribution in [0.25, 0.3) is 0 Å². The van der Waals surface area contributed by atoms with E-state index in [1.807, 2.05) is 13.0 Å². The number of hydrogen-bond donors (Lipinski definition) is 1. The van der Waals surface area contributed by atoms with Crippen LogP contribution in [-0.2, 0) is 16.0 Å². The van der Waals surface area contributed by atoms with Crippen LogP contribution in [0.4, 0.5) is 5.69 Å². The van der Waals surface area contributed by atoms with E-state index in [1.165, 1.54) is 11.9 Å². The van der Waals surface area contributed by atoms with Crippen LogP contribution in [0.3, 0.4) is 0 Å². The molecule has 3 rings (SSSR count). The number of nitrogens with one attached hydrogen (secondary N) is 1. The van der Waals surface area contributed by atoms with Crippen LogP contribution in [0.1, 0.15) is 12.5 Å². The summed E-state index contributed by atoms with van der Waals surface area (Å²) in [4.78, 5) is 27.1. The van der Waals surface area contributed by atoms with Gasteiger partial charge in [-0.15, -0.1) is 0 Å². The Morgan fingerprint density at radius 3 is 2.58 bits per heavy atom. The van der Waals surface area contributed by atoms with Gasteiger partial charge in [0.1, 0.15) is 22.4 Å². The molecule has 0 spiro atoms. The zero-order valence-electron chi connectivity index (χ0n) is 16.8. The number of halogens is 2. The highest BCUT2D eigenvalue weighted by Crippen LogP contribution is 2.43. The Kier molecular flexibility index (Phi) is 7.50. The maximum Gasteiger partial charge on any atom is 0.264 e. The van der Waals surface area contributed by atoms with Crippen LogP contribution in [0.15, 0.2) is 53.1 Å². The molecule has 0 bridgehead atoms. The molecule has 9 heteroatoms. The van der Waals surface area contributed by atoms with Crippen molar-refractivity contribution in [2.24, 2.45) is 0 Å². The van der Waals surface area contributed by atoms with E-state index in [4.69, 9.17) is 27.9 Å². The highest BCUT2D eigenvalue weighted by molar-refractivity contribution is 8.05.